The van der Waals surface area contributed by atoms with E-state index in [1.54, 1.807) is 12.1 Å². The molecule has 22 heavy (non-hydrogen) atoms. The van der Waals surface area contributed by atoms with E-state index >= 15 is 0 Å². The first-order chi connectivity index (χ1) is 10.7. The van der Waals surface area contributed by atoms with Crippen molar-refractivity contribution in [2.75, 3.05) is 0 Å². The van der Waals surface area contributed by atoms with Crippen LogP contribution in [0, 0.1) is 23.1 Å². The molecule has 6 heteroatoms. The van der Waals surface area contributed by atoms with Crippen molar-refractivity contribution >= 4 is 0 Å². The van der Waals surface area contributed by atoms with Crippen LogP contribution in [-0.4, -0.2) is 12.3 Å². The zero-order chi connectivity index (χ0) is 15.7. The number of nitrogens with one attached hydrogen (secondary N) is 2. The van der Waals surface area contributed by atoms with Crippen LogP contribution in [0.1, 0.15) is 31.2 Å². The Morgan fingerprint density at radius 1 is 1.32 bits per heavy atom. The summed E-state index contributed by atoms with van der Waals surface area (Å²) >= 11 is 0. The van der Waals surface area contributed by atoms with Crippen molar-refractivity contribution in [3.05, 3.63) is 47.1 Å². The quantitative estimate of drug-likeness (QED) is 0.793. The van der Waals surface area contributed by atoms with Gasteiger partial charge in [0, 0.05) is 17.9 Å². The van der Waals surface area contributed by atoms with Crippen molar-refractivity contribution in [3.63, 3.8) is 0 Å². The molecule has 0 bridgehead atoms. The zero-order valence-corrected chi connectivity index (χ0v) is 12.3. The van der Waals surface area contributed by atoms with E-state index in [0.717, 1.165) is 18.4 Å². The third-order valence-electron chi connectivity index (χ3n) is 4.39. The van der Waals surface area contributed by atoms with Crippen LogP contribution in [0.3, 0.4) is 0 Å². The molecule has 4 unspecified atom stereocenters. The van der Waals surface area contributed by atoms with Gasteiger partial charge in [0.15, 0.2) is 6.23 Å². The molecule has 5 nitrogen and oxygen atoms in total. The Morgan fingerprint density at radius 3 is 2.68 bits per heavy atom. The fourth-order valence-corrected chi connectivity index (χ4v) is 3.41. The van der Waals surface area contributed by atoms with Crippen molar-refractivity contribution in [3.8, 4) is 6.07 Å². The number of hydrogen-bond donors (Lipinski definition) is 3. The number of nitriles is 1. The second kappa shape index (κ2) is 5.95. The third-order valence-corrected chi connectivity index (χ3v) is 4.39. The average molecular weight is 302 g/mol. The number of hydrogen-bond acceptors (Lipinski definition) is 5. The summed E-state index contributed by atoms with van der Waals surface area (Å²) in [6, 6.07) is 8.60. The zero-order valence-electron chi connectivity index (χ0n) is 12.3. The molecular weight excluding hydrogens is 283 g/mol. The standard InChI is InChI=1S/C16H19FN4O/c1-2-3-12-14-13(9-4-6-10(17)7-5-9)11(8-18)15(19)22-16(14)21-20-12/h4-7,12-14,16,20-21H,2-3,19H2,1H3. The van der Waals surface area contributed by atoms with Crippen LogP contribution in [0.25, 0.3) is 0 Å². The minimum Gasteiger partial charge on any atom is -0.458 e. The second-order valence-electron chi connectivity index (χ2n) is 5.72. The maximum absolute atomic E-state index is 13.2. The minimum absolute atomic E-state index is 0.0346. The lowest BCUT2D eigenvalue weighted by Gasteiger charge is -2.35. The number of benzene rings is 1. The molecule has 2 aliphatic heterocycles. The summed E-state index contributed by atoms with van der Waals surface area (Å²) in [5.74, 6) is -0.323. The summed E-state index contributed by atoms with van der Waals surface area (Å²) in [7, 11) is 0. The summed E-state index contributed by atoms with van der Waals surface area (Å²) in [5, 5.41) is 9.50. The summed E-state index contributed by atoms with van der Waals surface area (Å²) in [5.41, 5.74) is 13.6. The fourth-order valence-electron chi connectivity index (χ4n) is 3.41. The average Bonchev–Trinajstić information content (AvgIpc) is 2.90. The molecule has 0 saturated carbocycles. The molecule has 0 spiro atoms. The van der Waals surface area contributed by atoms with Crippen molar-refractivity contribution < 1.29 is 9.13 Å². The van der Waals surface area contributed by atoms with Crippen molar-refractivity contribution in [1.82, 2.24) is 10.9 Å². The largest absolute Gasteiger partial charge is 0.458 e. The summed E-state index contributed by atoms with van der Waals surface area (Å²) in [6.45, 7) is 2.11. The van der Waals surface area contributed by atoms with E-state index in [-0.39, 0.29) is 35.8 Å². The SMILES string of the molecule is CCCC1NNC2OC(N)=C(C#N)C(c3ccc(F)cc3)C12. The van der Waals surface area contributed by atoms with Gasteiger partial charge in [-0.2, -0.15) is 5.26 Å². The molecule has 0 radical (unpaired) electrons. The van der Waals surface area contributed by atoms with E-state index in [0.29, 0.717) is 5.57 Å². The monoisotopic (exact) mass is 302 g/mol. The van der Waals surface area contributed by atoms with E-state index < -0.39 is 0 Å². The van der Waals surface area contributed by atoms with Gasteiger partial charge in [-0.1, -0.05) is 25.5 Å². The molecule has 0 aliphatic carbocycles. The van der Waals surface area contributed by atoms with Gasteiger partial charge in [0.05, 0.1) is 5.57 Å². The number of ether oxygens (including phenoxy) is 1. The highest BCUT2D eigenvalue weighted by molar-refractivity contribution is 5.41. The van der Waals surface area contributed by atoms with Gasteiger partial charge in [-0.25, -0.2) is 9.82 Å². The van der Waals surface area contributed by atoms with Gasteiger partial charge in [0.1, 0.15) is 11.9 Å². The Kier molecular flexibility index (Phi) is 4.01. The van der Waals surface area contributed by atoms with E-state index in [1.165, 1.54) is 12.1 Å². The predicted molar refractivity (Wildman–Crippen MR) is 79.3 cm³/mol. The lowest BCUT2D eigenvalue weighted by Crippen LogP contribution is -2.41. The predicted octanol–water partition coefficient (Wildman–Crippen LogP) is 1.85. The molecule has 3 rings (SSSR count). The molecule has 1 saturated heterocycles. The lowest BCUT2D eigenvalue weighted by molar-refractivity contribution is 0.0337. The highest BCUT2D eigenvalue weighted by Crippen LogP contribution is 2.43. The fraction of sp³-hybridized carbons (Fsp3) is 0.438. The minimum atomic E-state index is -0.296. The number of fused-ring (bicyclic) bond motifs is 1. The summed E-state index contributed by atoms with van der Waals surface area (Å²) < 4.78 is 18.9. The van der Waals surface area contributed by atoms with E-state index in [2.05, 4.69) is 23.8 Å². The highest BCUT2D eigenvalue weighted by atomic mass is 19.1. The lowest BCUT2D eigenvalue weighted by atomic mass is 9.75. The molecular formula is C16H19FN4O. The first kappa shape index (κ1) is 14.8. The summed E-state index contributed by atoms with van der Waals surface area (Å²) in [6.07, 6.45) is 1.68. The van der Waals surface area contributed by atoms with Crippen LogP contribution < -0.4 is 16.6 Å². The van der Waals surface area contributed by atoms with Gasteiger partial charge in [-0.05, 0) is 24.1 Å². The van der Waals surface area contributed by atoms with Gasteiger partial charge in [-0.3, -0.25) is 5.43 Å². The third kappa shape index (κ3) is 2.43. The van der Waals surface area contributed by atoms with Crippen LogP contribution in [0.2, 0.25) is 0 Å². The van der Waals surface area contributed by atoms with Crippen molar-refractivity contribution in [2.24, 2.45) is 11.7 Å². The molecule has 0 amide bonds. The molecule has 2 heterocycles. The number of nitrogens with zero attached hydrogens (tertiary/aromatic N) is 1. The summed E-state index contributed by atoms with van der Waals surface area (Å²) in [4.78, 5) is 0. The normalized spacial score (nSPS) is 30.6. The Balaban J connectivity index is 2.05. The van der Waals surface area contributed by atoms with Gasteiger partial charge in [-0.15, -0.1) is 0 Å². The van der Waals surface area contributed by atoms with Crippen molar-refractivity contribution in [2.45, 2.75) is 38.0 Å². The molecule has 0 aromatic heterocycles. The van der Waals surface area contributed by atoms with Gasteiger partial charge in [0.25, 0.3) is 0 Å². The number of halogens is 1. The van der Waals surface area contributed by atoms with Crippen LogP contribution in [0.15, 0.2) is 35.7 Å². The molecule has 1 aromatic rings. The Bertz CT molecular complexity index is 622. The van der Waals surface area contributed by atoms with Gasteiger partial charge < -0.3 is 10.5 Å². The smallest absolute Gasteiger partial charge is 0.200 e. The van der Waals surface area contributed by atoms with Crippen molar-refractivity contribution in [1.29, 1.82) is 5.26 Å². The molecule has 116 valence electrons. The Hall–Kier alpha value is -2.10. The van der Waals surface area contributed by atoms with Crippen LogP contribution in [-0.2, 0) is 4.74 Å². The highest BCUT2D eigenvalue weighted by Gasteiger charge is 2.48. The molecule has 1 aromatic carbocycles. The van der Waals surface area contributed by atoms with Gasteiger partial charge in [0.2, 0.25) is 5.88 Å². The maximum atomic E-state index is 13.2. The van der Waals surface area contributed by atoms with E-state index in [4.69, 9.17) is 10.5 Å². The number of hydrazine groups is 1. The van der Waals surface area contributed by atoms with Gasteiger partial charge >= 0.3 is 0 Å². The second-order valence-corrected chi connectivity index (χ2v) is 5.72. The first-order valence-corrected chi connectivity index (χ1v) is 7.48. The van der Waals surface area contributed by atoms with E-state index in [9.17, 15) is 9.65 Å². The number of allylic oxidation sites excluding steroid dienone is 1. The molecule has 2 aliphatic rings. The molecule has 4 atom stereocenters. The van der Waals surface area contributed by atoms with E-state index in [1.807, 2.05) is 0 Å². The maximum Gasteiger partial charge on any atom is 0.200 e. The van der Waals surface area contributed by atoms with Crippen LogP contribution in [0.5, 0.6) is 0 Å². The Labute approximate surface area is 128 Å². The molecule has 4 N–H and O–H groups in total. The number of rotatable bonds is 3. The molecule has 1 fully saturated rings. The van der Waals surface area contributed by atoms with Crippen LogP contribution in [0.4, 0.5) is 4.39 Å². The topological polar surface area (TPSA) is 83.1 Å². The first-order valence-electron chi connectivity index (χ1n) is 7.48. The number of nitrogens with two attached hydrogens (primary N) is 1. The van der Waals surface area contributed by atoms with Crippen LogP contribution >= 0.6 is 0 Å². The Morgan fingerprint density at radius 2 is 2.05 bits per heavy atom.